The minimum Gasteiger partial charge on any atom is -0.496 e. The maximum atomic E-state index is 11.6. The highest BCUT2D eigenvalue weighted by Gasteiger charge is 2.27. The van der Waals surface area contributed by atoms with Crippen LogP contribution in [0.2, 0.25) is 0 Å². The van der Waals surface area contributed by atoms with Gasteiger partial charge >= 0.3 is 5.97 Å². The third-order valence-corrected chi connectivity index (χ3v) is 3.97. The standard InChI is InChI=1S/C16H23NO3/c1-12-6-7-15(20-2)13(10-12)11-14(16(18)19)17-8-4-3-5-9-17/h6-7,10,14H,3-5,8-9,11H2,1-2H3,(H,18,19). The van der Waals surface area contributed by atoms with Gasteiger partial charge in [-0.05, 0) is 44.5 Å². The van der Waals surface area contributed by atoms with E-state index in [1.807, 2.05) is 25.1 Å². The molecule has 1 fully saturated rings. The van der Waals surface area contributed by atoms with E-state index < -0.39 is 12.0 Å². The monoisotopic (exact) mass is 277 g/mol. The Morgan fingerprint density at radius 3 is 2.65 bits per heavy atom. The van der Waals surface area contributed by atoms with Crippen molar-refractivity contribution >= 4 is 5.97 Å². The third-order valence-electron chi connectivity index (χ3n) is 3.97. The summed E-state index contributed by atoms with van der Waals surface area (Å²) in [6.07, 6.45) is 3.89. The van der Waals surface area contributed by atoms with Crippen LogP contribution in [-0.4, -0.2) is 42.2 Å². The average molecular weight is 277 g/mol. The van der Waals surface area contributed by atoms with Gasteiger partial charge in [-0.1, -0.05) is 24.1 Å². The predicted molar refractivity (Wildman–Crippen MR) is 78.3 cm³/mol. The second-order valence-corrected chi connectivity index (χ2v) is 5.47. The van der Waals surface area contributed by atoms with E-state index in [1.165, 1.54) is 6.42 Å². The van der Waals surface area contributed by atoms with E-state index in [4.69, 9.17) is 4.74 Å². The number of hydrogen-bond donors (Lipinski definition) is 1. The lowest BCUT2D eigenvalue weighted by Crippen LogP contribution is -2.45. The summed E-state index contributed by atoms with van der Waals surface area (Å²) in [6.45, 7) is 3.77. The molecule has 1 N–H and O–H groups in total. The highest BCUT2D eigenvalue weighted by atomic mass is 16.5. The molecule has 0 aliphatic carbocycles. The van der Waals surface area contributed by atoms with Crippen LogP contribution in [0.25, 0.3) is 0 Å². The lowest BCUT2D eigenvalue weighted by Gasteiger charge is -2.32. The van der Waals surface area contributed by atoms with E-state index in [2.05, 4.69) is 4.90 Å². The number of nitrogens with zero attached hydrogens (tertiary/aromatic N) is 1. The summed E-state index contributed by atoms with van der Waals surface area (Å²) in [4.78, 5) is 13.7. The van der Waals surface area contributed by atoms with Crippen molar-refractivity contribution in [3.8, 4) is 5.75 Å². The van der Waals surface area contributed by atoms with Crippen molar-refractivity contribution in [2.24, 2.45) is 0 Å². The van der Waals surface area contributed by atoms with Crippen LogP contribution in [0.15, 0.2) is 18.2 Å². The normalized spacial score (nSPS) is 17.7. The van der Waals surface area contributed by atoms with E-state index in [0.717, 1.165) is 42.8 Å². The van der Waals surface area contributed by atoms with Crippen LogP contribution in [0, 0.1) is 6.92 Å². The fourth-order valence-electron chi connectivity index (χ4n) is 2.88. The van der Waals surface area contributed by atoms with Gasteiger partial charge in [0.15, 0.2) is 0 Å². The van der Waals surface area contributed by atoms with Crippen LogP contribution >= 0.6 is 0 Å². The zero-order chi connectivity index (χ0) is 14.5. The Labute approximate surface area is 120 Å². The number of rotatable bonds is 5. The number of methoxy groups -OCH3 is 1. The number of benzene rings is 1. The lowest BCUT2D eigenvalue weighted by atomic mass is 9.99. The molecule has 4 nitrogen and oxygen atoms in total. The number of aryl methyl sites for hydroxylation is 1. The lowest BCUT2D eigenvalue weighted by molar-refractivity contribution is -0.143. The molecule has 0 radical (unpaired) electrons. The minimum atomic E-state index is -0.740. The third kappa shape index (κ3) is 3.51. The van der Waals surface area contributed by atoms with Crippen LogP contribution in [-0.2, 0) is 11.2 Å². The summed E-state index contributed by atoms with van der Waals surface area (Å²) in [6, 6.07) is 5.48. The van der Waals surface area contributed by atoms with Gasteiger partial charge in [0.1, 0.15) is 11.8 Å². The van der Waals surface area contributed by atoms with Crippen molar-refractivity contribution in [1.29, 1.82) is 0 Å². The molecular weight excluding hydrogens is 254 g/mol. The zero-order valence-corrected chi connectivity index (χ0v) is 12.3. The molecule has 1 saturated heterocycles. The maximum absolute atomic E-state index is 11.6. The van der Waals surface area contributed by atoms with Crippen LogP contribution in [0.5, 0.6) is 5.75 Å². The Morgan fingerprint density at radius 2 is 2.05 bits per heavy atom. The van der Waals surface area contributed by atoms with Crippen molar-refractivity contribution in [3.63, 3.8) is 0 Å². The second kappa shape index (κ2) is 6.75. The van der Waals surface area contributed by atoms with Gasteiger partial charge in [-0.2, -0.15) is 0 Å². The molecule has 1 aliphatic heterocycles. The first-order valence-corrected chi connectivity index (χ1v) is 7.22. The van der Waals surface area contributed by atoms with Crippen molar-refractivity contribution in [2.75, 3.05) is 20.2 Å². The predicted octanol–water partition coefficient (Wildman–Crippen LogP) is 2.49. The van der Waals surface area contributed by atoms with Gasteiger partial charge in [0, 0.05) is 6.42 Å². The summed E-state index contributed by atoms with van der Waals surface area (Å²) in [5, 5.41) is 9.54. The molecule has 0 bridgehead atoms. The van der Waals surface area contributed by atoms with Crippen LogP contribution < -0.4 is 4.74 Å². The SMILES string of the molecule is COc1ccc(C)cc1CC(C(=O)O)N1CCCCC1. The largest absolute Gasteiger partial charge is 0.496 e. The Kier molecular flexibility index (Phi) is 5.01. The van der Waals surface area contributed by atoms with Gasteiger partial charge in [-0.25, -0.2) is 0 Å². The number of piperidine rings is 1. The van der Waals surface area contributed by atoms with E-state index in [1.54, 1.807) is 7.11 Å². The van der Waals surface area contributed by atoms with E-state index in [9.17, 15) is 9.90 Å². The van der Waals surface area contributed by atoms with Gasteiger partial charge in [0.25, 0.3) is 0 Å². The minimum absolute atomic E-state index is 0.453. The van der Waals surface area contributed by atoms with Crippen LogP contribution in [0.1, 0.15) is 30.4 Å². The number of ether oxygens (including phenoxy) is 1. The Hall–Kier alpha value is -1.55. The van der Waals surface area contributed by atoms with E-state index in [0.29, 0.717) is 6.42 Å². The smallest absolute Gasteiger partial charge is 0.321 e. The summed E-state index contributed by atoms with van der Waals surface area (Å²) in [5.41, 5.74) is 2.11. The second-order valence-electron chi connectivity index (χ2n) is 5.47. The number of likely N-dealkylation sites (tertiary alicyclic amines) is 1. The number of carboxylic acids is 1. The molecule has 1 heterocycles. The molecule has 0 saturated carbocycles. The number of hydrogen-bond acceptors (Lipinski definition) is 3. The zero-order valence-electron chi connectivity index (χ0n) is 12.3. The molecule has 1 aromatic carbocycles. The highest BCUT2D eigenvalue weighted by molar-refractivity contribution is 5.74. The van der Waals surface area contributed by atoms with Crippen LogP contribution in [0.4, 0.5) is 0 Å². The molecule has 2 rings (SSSR count). The molecule has 1 atom stereocenters. The number of carbonyl (C=O) groups is 1. The summed E-state index contributed by atoms with van der Waals surface area (Å²) in [5.74, 6) is 0.0364. The quantitative estimate of drug-likeness (QED) is 0.898. The molecule has 1 aliphatic rings. The summed E-state index contributed by atoms with van der Waals surface area (Å²) in [7, 11) is 1.63. The fourth-order valence-corrected chi connectivity index (χ4v) is 2.88. The van der Waals surface area contributed by atoms with Crippen molar-refractivity contribution in [2.45, 2.75) is 38.6 Å². The number of aliphatic carboxylic acids is 1. The van der Waals surface area contributed by atoms with Crippen molar-refractivity contribution in [3.05, 3.63) is 29.3 Å². The Bertz CT molecular complexity index is 467. The first-order chi connectivity index (χ1) is 9.61. The fraction of sp³-hybridized carbons (Fsp3) is 0.562. The van der Waals surface area contributed by atoms with Crippen molar-refractivity contribution in [1.82, 2.24) is 4.90 Å². The molecule has 4 heteroatoms. The van der Waals surface area contributed by atoms with E-state index >= 15 is 0 Å². The molecule has 1 unspecified atom stereocenters. The molecule has 20 heavy (non-hydrogen) atoms. The highest BCUT2D eigenvalue weighted by Crippen LogP contribution is 2.24. The van der Waals surface area contributed by atoms with Gasteiger partial charge < -0.3 is 9.84 Å². The first-order valence-electron chi connectivity index (χ1n) is 7.22. The van der Waals surface area contributed by atoms with E-state index in [-0.39, 0.29) is 0 Å². The maximum Gasteiger partial charge on any atom is 0.321 e. The number of carboxylic acid groups (broad SMARTS) is 1. The molecular formula is C16H23NO3. The van der Waals surface area contributed by atoms with Crippen molar-refractivity contribution < 1.29 is 14.6 Å². The molecule has 0 amide bonds. The Balaban J connectivity index is 2.19. The Morgan fingerprint density at radius 1 is 1.35 bits per heavy atom. The van der Waals surface area contributed by atoms with Gasteiger partial charge in [0.2, 0.25) is 0 Å². The van der Waals surface area contributed by atoms with Gasteiger partial charge in [-0.3, -0.25) is 9.69 Å². The van der Waals surface area contributed by atoms with Gasteiger partial charge in [0.05, 0.1) is 7.11 Å². The summed E-state index contributed by atoms with van der Waals surface area (Å²) < 4.78 is 5.36. The van der Waals surface area contributed by atoms with Crippen LogP contribution in [0.3, 0.4) is 0 Å². The average Bonchev–Trinajstić information content (AvgIpc) is 2.45. The first kappa shape index (κ1) is 14.9. The summed E-state index contributed by atoms with van der Waals surface area (Å²) >= 11 is 0. The molecule has 1 aromatic rings. The molecule has 0 aromatic heterocycles. The van der Waals surface area contributed by atoms with Gasteiger partial charge in [-0.15, -0.1) is 0 Å². The molecule has 0 spiro atoms. The molecule has 110 valence electrons. The topological polar surface area (TPSA) is 49.8 Å².